The van der Waals surface area contributed by atoms with Crippen molar-refractivity contribution in [2.24, 2.45) is 5.92 Å². The van der Waals surface area contributed by atoms with Crippen LogP contribution in [0.4, 0.5) is 0 Å². The van der Waals surface area contributed by atoms with Gasteiger partial charge in [0.25, 0.3) is 0 Å². The zero-order chi connectivity index (χ0) is 13.0. The van der Waals surface area contributed by atoms with E-state index in [2.05, 4.69) is 22.5 Å². The molecule has 2 aliphatic rings. The van der Waals surface area contributed by atoms with E-state index in [-0.39, 0.29) is 23.8 Å². The third-order valence-electron chi connectivity index (χ3n) is 3.52. The molecule has 2 unspecified atom stereocenters. The highest BCUT2D eigenvalue weighted by atomic mass is 16.5. The molecule has 102 valence electrons. The Morgan fingerprint density at radius 1 is 1.61 bits per heavy atom. The number of hydrogen-bond donors (Lipinski definition) is 2. The number of hydrogen-bond acceptors (Lipinski definition) is 4. The molecule has 0 aromatic heterocycles. The van der Waals surface area contributed by atoms with Crippen LogP contribution < -0.4 is 10.6 Å². The van der Waals surface area contributed by atoms with E-state index in [0.717, 1.165) is 26.2 Å². The van der Waals surface area contributed by atoms with Gasteiger partial charge in [0.1, 0.15) is 0 Å². The molecule has 0 aromatic rings. The molecule has 2 saturated heterocycles. The summed E-state index contributed by atoms with van der Waals surface area (Å²) < 4.78 is 5.61. The van der Waals surface area contributed by atoms with Gasteiger partial charge in [0.2, 0.25) is 11.8 Å². The van der Waals surface area contributed by atoms with E-state index in [0.29, 0.717) is 19.5 Å². The van der Waals surface area contributed by atoms with Gasteiger partial charge >= 0.3 is 0 Å². The van der Waals surface area contributed by atoms with Gasteiger partial charge in [-0.1, -0.05) is 6.92 Å². The van der Waals surface area contributed by atoms with Gasteiger partial charge in [0, 0.05) is 32.6 Å². The van der Waals surface area contributed by atoms with E-state index < -0.39 is 0 Å². The topological polar surface area (TPSA) is 70.7 Å². The van der Waals surface area contributed by atoms with Crippen LogP contribution in [0.3, 0.4) is 0 Å². The molecule has 0 bridgehead atoms. The molecule has 0 radical (unpaired) electrons. The van der Waals surface area contributed by atoms with Crippen LogP contribution >= 0.6 is 0 Å². The molecule has 2 amide bonds. The highest BCUT2D eigenvalue weighted by Gasteiger charge is 2.28. The summed E-state index contributed by atoms with van der Waals surface area (Å²) in [5.41, 5.74) is 0. The molecular formula is C12H21N3O3. The molecule has 2 heterocycles. The van der Waals surface area contributed by atoms with Crippen LogP contribution in [0.15, 0.2) is 0 Å². The first-order valence-electron chi connectivity index (χ1n) is 6.57. The smallest absolute Gasteiger partial charge is 0.225 e. The number of ether oxygens (including phenoxy) is 1. The zero-order valence-corrected chi connectivity index (χ0v) is 10.8. The number of nitrogens with one attached hydrogen (secondary N) is 2. The average molecular weight is 255 g/mol. The molecule has 2 N–H and O–H groups in total. The molecule has 2 aliphatic heterocycles. The lowest BCUT2D eigenvalue weighted by atomic mass is 10.1. The van der Waals surface area contributed by atoms with E-state index >= 15 is 0 Å². The summed E-state index contributed by atoms with van der Waals surface area (Å²) >= 11 is 0. The first-order valence-corrected chi connectivity index (χ1v) is 6.57. The van der Waals surface area contributed by atoms with E-state index in [1.165, 1.54) is 0 Å². The summed E-state index contributed by atoms with van der Waals surface area (Å²) in [4.78, 5) is 25.1. The third kappa shape index (κ3) is 3.43. The second-order valence-electron chi connectivity index (χ2n) is 4.84. The maximum Gasteiger partial charge on any atom is 0.225 e. The minimum absolute atomic E-state index is 0.0405. The van der Waals surface area contributed by atoms with Gasteiger partial charge in [-0.2, -0.15) is 0 Å². The van der Waals surface area contributed by atoms with Crippen molar-refractivity contribution in [2.45, 2.75) is 19.4 Å². The minimum Gasteiger partial charge on any atom is -0.374 e. The first-order chi connectivity index (χ1) is 8.69. The molecular weight excluding hydrogens is 234 g/mol. The number of carbonyl (C=O) groups excluding carboxylic acids is 2. The van der Waals surface area contributed by atoms with Crippen molar-refractivity contribution in [3.05, 3.63) is 0 Å². The van der Waals surface area contributed by atoms with E-state index in [1.54, 1.807) is 0 Å². The molecule has 18 heavy (non-hydrogen) atoms. The molecule has 0 saturated carbocycles. The Bertz CT molecular complexity index is 322. The quantitative estimate of drug-likeness (QED) is 0.673. The summed E-state index contributed by atoms with van der Waals surface area (Å²) in [6.07, 6.45) is 0.367. The molecule has 0 spiro atoms. The number of morpholine rings is 1. The number of carbonyl (C=O) groups is 2. The summed E-state index contributed by atoms with van der Waals surface area (Å²) in [5, 5.41) is 5.54. The van der Waals surface area contributed by atoms with Crippen molar-refractivity contribution in [3.63, 3.8) is 0 Å². The molecule has 2 fully saturated rings. The summed E-state index contributed by atoms with van der Waals surface area (Å²) in [7, 11) is 0. The normalized spacial score (nSPS) is 29.1. The molecule has 6 nitrogen and oxygen atoms in total. The highest BCUT2D eigenvalue weighted by Crippen LogP contribution is 2.09. The fraction of sp³-hybridized carbons (Fsp3) is 0.833. The largest absolute Gasteiger partial charge is 0.374 e. The van der Waals surface area contributed by atoms with Crippen LogP contribution in [0.25, 0.3) is 0 Å². The van der Waals surface area contributed by atoms with Gasteiger partial charge < -0.3 is 15.4 Å². The lowest BCUT2D eigenvalue weighted by Crippen LogP contribution is -2.48. The van der Waals surface area contributed by atoms with Crippen LogP contribution in [-0.4, -0.2) is 62.1 Å². The molecule has 0 aromatic carbocycles. The van der Waals surface area contributed by atoms with E-state index in [9.17, 15) is 9.59 Å². The summed E-state index contributed by atoms with van der Waals surface area (Å²) in [6.45, 7) is 6.65. The predicted molar refractivity (Wildman–Crippen MR) is 66.0 cm³/mol. The monoisotopic (exact) mass is 255 g/mol. The number of amides is 2. The van der Waals surface area contributed by atoms with Crippen LogP contribution in [0, 0.1) is 5.92 Å². The van der Waals surface area contributed by atoms with Gasteiger partial charge in [-0.05, 0) is 6.54 Å². The third-order valence-corrected chi connectivity index (χ3v) is 3.52. The number of likely N-dealkylation sites (N-methyl/N-ethyl adjacent to an activating group) is 1. The van der Waals surface area contributed by atoms with Gasteiger partial charge in [-0.15, -0.1) is 0 Å². The molecule has 2 atom stereocenters. The van der Waals surface area contributed by atoms with Crippen molar-refractivity contribution in [1.82, 2.24) is 15.5 Å². The zero-order valence-electron chi connectivity index (χ0n) is 10.8. The standard InChI is InChI=1S/C12H21N3O3/c1-2-15-3-4-18-10(8-15)7-14-12(17)9-5-11(16)13-6-9/h9-10H,2-8H2,1H3,(H,13,16)(H,14,17). The lowest BCUT2D eigenvalue weighted by Gasteiger charge is -2.32. The van der Waals surface area contributed by atoms with Crippen LogP contribution in [0.2, 0.25) is 0 Å². The Hall–Kier alpha value is -1.14. The fourth-order valence-corrected chi connectivity index (χ4v) is 2.34. The van der Waals surface area contributed by atoms with Gasteiger partial charge in [0.15, 0.2) is 0 Å². The second-order valence-corrected chi connectivity index (χ2v) is 4.84. The lowest BCUT2D eigenvalue weighted by molar-refractivity contribution is -0.127. The molecule has 0 aliphatic carbocycles. The number of rotatable bonds is 4. The highest BCUT2D eigenvalue weighted by molar-refractivity contribution is 5.89. The van der Waals surface area contributed by atoms with Crippen molar-refractivity contribution in [1.29, 1.82) is 0 Å². The van der Waals surface area contributed by atoms with Crippen LogP contribution in [-0.2, 0) is 14.3 Å². The van der Waals surface area contributed by atoms with Crippen LogP contribution in [0.5, 0.6) is 0 Å². The maximum atomic E-state index is 11.8. The number of nitrogens with zero attached hydrogens (tertiary/aromatic N) is 1. The molecule has 2 rings (SSSR count). The molecule has 6 heteroatoms. The van der Waals surface area contributed by atoms with Gasteiger partial charge in [-0.25, -0.2) is 0 Å². The van der Waals surface area contributed by atoms with E-state index in [1.807, 2.05) is 0 Å². The Balaban J connectivity index is 1.70. The van der Waals surface area contributed by atoms with Crippen molar-refractivity contribution in [3.8, 4) is 0 Å². The van der Waals surface area contributed by atoms with Crippen molar-refractivity contribution >= 4 is 11.8 Å². The summed E-state index contributed by atoms with van der Waals surface area (Å²) in [6, 6.07) is 0. The van der Waals surface area contributed by atoms with Crippen molar-refractivity contribution in [2.75, 3.05) is 39.3 Å². The summed E-state index contributed by atoms with van der Waals surface area (Å²) in [5.74, 6) is -0.310. The second kappa shape index (κ2) is 6.15. The predicted octanol–water partition coefficient (Wildman–Crippen LogP) is -1.04. The maximum absolute atomic E-state index is 11.8. The first kappa shape index (κ1) is 13.3. The van der Waals surface area contributed by atoms with E-state index in [4.69, 9.17) is 4.74 Å². The van der Waals surface area contributed by atoms with Gasteiger partial charge in [-0.3, -0.25) is 14.5 Å². The Kier molecular flexibility index (Phi) is 4.54. The van der Waals surface area contributed by atoms with Crippen molar-refractivity contribution < 1.29 is 14.3 Å². The minimum atomic E-state index is -0.219. The Morgan fingerprint density at radius 2 is 2.44 bits per heavy atom. The fourth-order valence-electron chi connectivity index (χ4n) is 2.34. The Labute approximate surface area is 107 Å². The SMILES string of the molecule is CCN1CCOC(CNC(=O)C2CNC(=O)C2)C1. The average Bonchev–Trinajstić information content (AvgIpc) is 2.83. The van der Waals surface area contributed by atoms with Crippen LogP contribution in [0.1, 0.15) is 13.3 Å². The van der Waals surface area contributed by atoms with Gasteiger partial charge in [0.05, 0.1) is 18.6 Å². The Morgan fingerprint density at radius 3 is 3.11 bits per heavy atom.